The van der Waals surface area contributed by atoms with Crippen molar-refractivity contribution in [3.05, 3.63) is 66.1 Å². The minimum absolute atomic E-state index is 0.0571. The molecule has 178 valence electrons. The lowest BCUT2D eigenvalue weighted by molar-refractivity contribution is 0.0737. The minimum Gasteiger partial charge on any atom is -0.497 e. The van der Waals surface area contributed by atoms with Crippen LogP contribution in [0.2, 0.25) is 0 Å². The molecule has 4 heterocycles. The molecule has 2 aromatic carbocycles. The molecular formula is C26H25N5O3S. The van der Waals surface area contributed by atoms with Gasteiger partial charge in [-0.15, -0.1) is 0 Å². The van der Waals surface area contributed by atoms with E-state index in [-0.39, 0.29) is 5.91 Å². The fourth-order valence-electron chi connectivity index (χ4n) is 4.52. The summed E-state index contributed by atoms with van der Waals surface area (Å²) in [4.78, 5) is 22.3. The number of carbonyl (C=O) groups excluding carboxylic acids is 1. The van der Waals surface area contributed by atoms with E-state index in [0.29, 0.717) is 18.8 Å². The summed E-state index contributed by atoms with van der Waals surface area (Å²) in [6, 6.07) is 17.4. The van der Waals surface area contributed by atoms with Crippen molar-refractivity contribution in [2.45, 2.75) is 13.3 Å². The molecule has 5 aromatic rings. The summed E-state index contributed by atoms with van der Waals surface area (Å²) in [5.41, 5.74) is 3.49. The monoisotopic (exact) mass is 487 g/mol. The number of hydrogen-bond donors (Lipinski definition) is 0. The van der Waals surface area contributed by atoms with Crippen LogP contribution in [0.1, 0.15) is 22.7 Å². The summed E-state index contributed by atoms with van der Waals surface area (Å²) < 4.78 is 14.1. The second kappa shape index (κ2) is 8.74. The van der Waals surface area contributed by atoms with E-state index in [1.807, 2.05) is 71.1 Å². The van der Waals surface area contributed by atoms with Crippen LogP contribution in [-0.4, -0.2) is 58.9 Å². The Morgan fingerprint density at radius 2 is 1.89 bits per heavy atom. The lowest BCUT2D eigenvalue weighted by atomic mass is 10.2. The largest absolute Gasteiger partial charge is 0.497 e. The average molecular weight is 488 g/mol. The van der Waals surface area contributed by atoms with Crippen LogP contribution in [0.3, 0.4) is 0 Å². The number of furan rings is 1. The lowest BCUT2D eigenvalue weighted by Gasteiger charge is -2.20. The van der Waals surface area contributed by atoms with Crippen molar-refractivity contribution in [2.24, 2.45) is 0 Å². The van der Waals surface area contributed by atoms with Crippen LogP contribution >= 0.6 is 11.3 Å². The first-order valence-corrected chi connectivity index (χ1v) is 12.5. The standard InChI is InChI=1S/C26H25N5O3S/c1-17-23-24(31(28-17)19-8-10-20(33-2)11-9-19)27-26(35-23)30-13-5-12-29(14-15-30)25(32)22-16-18-6-3-4-7-21(18)34-22/h3-4,6-11,16H,5,12-15H2,1-2H3. The smallest absolute Gasteiger partial charge is 0.289 e. The summed E-state index contributed by atoms with van der Waals surface area (Å²) >= 11 is 1.66. The third kappa shape index (κ3) is 3.91. The normalized spacial score (nSPS) is 14.6. The van der Waals surface area contributed by atoms with Gasteiger partial charge < -0.3 is 19.0 Å². The maximum absolute atomic E-state index is 13.1. The lowest BCUT2D eigenvalue weighted by Crippen LogP contribution is -2.35. The van der Waals surface area contributed by atoms with Gasteiger partial charge in [0.05, 0.1) is 23.2 Å². The van der Waals surface area contributed by atoms with Crippen molar-refractivity contribution in [1.82, 2.24) is 19.7 Å². The Morgan fingerprint density at radius 3 is 2.69 bits per heavy atom. The van der Waals surface area contributed by atoms with Crippen LogP contribution in [-0.2, 0) is 0 Å². The number of amides is 1. The summed E-state index contributed by atoms with van der Waals surface area (Å²) in [6.07, 6.45) is 0.867. The van der Waals surface area contributed by atoms with E-state index in [0.717, 1.165) is 63.1 Å². The van der Waals surface area contributed by atoms with Gasteiger partial charge in [-0.1, -0.05) is 29.5 Å². The van der Waals surface area contributed by atoms with E-state index < -0.39 is 0 Å². The molecule has 8 nitrogen and oxygen atoms in total. The highest BCUT2D eigenvalue weighted by Crippen LogP contribution is 2.33. The van der Waals surface area contributed by atoms with Crippen molar-refractivity contribution in [3.8, 4) is 11.4 Å². The van der Waals surface area contributed by atoms with Crippen molar-refractivity contribution < 1.29 is 13.9 Å². The Balaban J connectivity index is 1.22. The van der Waals surface area contributed by atoms with E-state index in [9.17, 15) is 4.79 Å². The molecule has 35 heavy (non-hydrogen) atoms. The molecule has 9 heteroatoms. The summed E-state index contributed by atoms with van der Waals surface area (Å²) in [5.74, 6) is 1.15. The highest BCUT2D eigenvalue weighted by atomic mass is 32.1. The van der Waals surface area contributed by atoms with E-state index >= 15 is 0 Å². The van der Waals surface area contributed by atoms with Crippen LogP contribution < -0.4 is 9.64 Å². The van der Waals surface area contributed by atoms with Gasteiger partial charge in [-0.2, -0.15) is 10.1 Å². The number of hydrogen-bond acceptors (Lipinski definition) is 7. The quantitative estimate of drug-likeness (QED) is 0.359. The van der Waals surface area contributed by atoms with E-state index in [4.69, 9.17) is 19.2 Å². The molecule has 3 aromatic heterocycles. The number of methoxy groups -OCH3 is 1. The molecule has 0 N–H and O–H groups in total. The molecule has 0 bridgehead atoms. The predicted molar refractivity (Wildman–Crippen MR) is 137 cm³/mol. The second-order valence-corrected chi connectivity index (χ2v) is 9.60. The number of thiazole rings is 1. The van der Waals surface area contributed by atoms with Gasteiger partial charge in [-0.05, 0) is 49.7 Å². The van der Waals surface area contributed by atoms with Gasteiger partial charge in [0, 0.05) is 31.6 Å². The molecule has 1 saturated heterocycles. The summed E-state index contributed by atoms with van der Waals surface area (Å²) in [7, 11) is 1.66. The zero-order valence-electron chi connectivity index (χ0n) is 19.6. The van der Waals surface area contributed by atoms with Gasteiger partial charge in [0.15, 0.2) is 16.5 Å². The second-order valence-electron chi connectivity index (χ2n) is 8.63. The fraction of sp³-hybridized carbons (Fsp3) is 0.269. The minimum atomic E-state index is -0.0571. The molecule has 1 aliphatic rings. The Morgan fingerprint density at radius 1 is 1.06 bits per heavy atom. The third-order valence-corrected chi connectivity index (χ3v) is 7.60. The van der Waals surface area contributed by atoms with Crippen molar-refractivity contribution in [2.75, 3.05) is 38.2 Å². The van der Waals surface area contributed by atoms with Gasteiger partial charge in [-0.3, -0.25) is 4.79 Å². The predicted octanol–water partition coefficient (Wildman–Crippen LogP) is 4.90. The fourth-order valence-corrected chi connectivity index (χ4v) is 5.56. The highest BCUT2D eigenvalue weighted by molar-refractivity contribution is 7.22. The number of nitrogens with zero attached hydrogens (tertiary/aromatic N) is 5. The number of carbonyl (C=O) groups is 1. The number of anilines is 1. The van der Waals surface area contributed by atoms with Crippen LogP contribution in [0.5, 0.6) is 5.75 Å². The first-order valence-electron chi connectivity index (χ1n) is 11.6. The number of benzene rings is 2. The van der Waals surface area contributed by atoms with Gasteiger partial charge in [-0.25, -0.2) is 4.68 Å². The first kappa shape index (κ1) is 21.7. The van der Waals surface area contributed by atoms with E-state index in [1.54, 1.807) is 18.4 Å². The number of aryl methyl sites for hydroxylation is 1. The Hall–Kier alpha value is -3.85. The Kier molecular flexibility index (Phi) is 5.41. The van der Waals surface area contributed by atoms with E-state index in [2.05, 4.69) is 4.90 Å². The van der Waals surface area contributed by atoms with E-state index in [1.165, 1.54) is 0 Å². The topological polar surface area (TPSA) is 76.6 Å². The SMILES string of the molecule is COc1ccc(-n2nc(C)c3sc(N4CCCN(C(=O)c5cc6ccccc6o5)CC4)nc32)cc1. The summed E-state index contributed by atoms with van der Waals surface area (Å²) in [6.45, 7) is 4.89. The molecular weight excluding hydrogens is 462 g/mol. The van der Waals surface area contributed by atoms with Gasteiger partial charge >= 0.3 is 0 Å². The van der Waals surface area contributed by atoms with Gasteiger partial charge in [0.1, 0.15) is 11.3 Å². The van der Waals surface area contributed by atoms with Crippen LogP contribution in [0, 0.1) is 6.92 Å². The summed E-state index contributed by atoms with van der Waals surface area (Å²) in [5, 5.41) is 6.62. The zero-order chi connectivity index (χ0) is 23.9. The number of rotatable bonds is 4. The van der Waals surface area contributed by atoms with Crippen molar-refractivity contribution in [3.63, 3.8) is 0 Å². The number of aromatic nitrogens is 3. The number of para-hydroxylation sites is 1. The Labute approximate surface area is 206 Å². The molecule has 0 unspecified atom stereocenters. The van der Waals surface area contributed by atoms with Crippen LogP contribution in [0.4, 0.5) is 5.13 Å². The molecule has 1 fully saturated rings. The molecule has 0 saturated carbocycles. The number of ether oxygens (including phenoxy) is 1. The molecule has 0 atom stereocenters. The highest BCUT2D eigenvalue weighted by Gasteiger charge is 2.25. The van der Waals surface area contributed by atoms with Crippen LogP contribution in [0.15, 0.2) is 59.0 Å². The molecule has 0 radical (unpaired) electrons. The maximum Gasteiger partial charge on any atom is 0.289 e. The average Bonchev–Trinajstić information content (AvgIpc) is 3.53. The van der Waals surface area contributed by atoms with Crippen LogP contribution in [0.25, 0.3) is 27.0 Å². The van der Waals surface area contributed by atoms with Crippen molar-refractivity contribution in [1.29, 1.82) is 0 Å². The maximum atomic E-state index is 13.1. The van der Waals surface area contributed by atoms with Gasteiger partial charge in [0.2, 0.25) is 0 Å². The third-order valence-electron chi connectivity index (χ3n) is 6.38. The Bertz CT molecular complexity index is 1480. The molecule has 0 spiro atoms. The molecule has 1 amide bonds. The molecule has 6 rings (SSSR count). The first-order chi connectivity index (χ1) is 17.1. The molecule has 0 aliphatic carbocycles. The van der Waals surface area contributed by atoms with Crippen molar-refractivity contribution >= 4 is 43.7 Å². The zero-order valence-corrected chi connectivity index (χ0v) is 20.4. The number of fused-ring (bicyclic) bond motifs is 2. The van der Waals surface area contributed by atoms with Gasteiger partial charge in [0.25, 0.3) is 5.91 Å². The molecule has 1 aliphatic heterocycles.